The molecule has 2 fully saturated rings. The summed E-state index contributed by atoms with van der Waals surface area (Å²) in [5.74, 6) is 2.01. The molecular formula is C24H30N2O2. The Morgan fingerprint density at radius 3 is 2.43 bits per heavy atom. The van der Waals surface area contributed by atoms with E-state index in [9.17, 15) is 4.79 Å². The van der Waals surface area contributed by atoms with Crippen molar-refractivity contribution in [3.8, 4) is 16.9 Å². The van der Waals surface area contributed by atoms with Gasteiger partial charge in [0.25, 0.3) is 0 Å². The van der Waals surface area contributed by atoms with Crippen molar-refractivity contribution in [3.05, 3.63) is 54.6 Å². The third kappa shape index (κ3) is 4.39. The Bertz CT molecular complexity index is 778. The van der Waals surface area contributed by atoms with E-state index in [-0.39, 0.29) is 5.91 Å². The minimum absolute atomic E-state index is 0.0922. The van der Waals surface area contributed by atoms with Crippen molar-refractivity contribution in [1.29, 1.82) is 0 Å². The maximum absolute atomic E-state index is 12.5. The fraction of sp³-hybridized carbons (Fsp3) is 0.458. The first-order chi connectivity index (χ1) is 13.7. The number of carbonyl (C=O) groups excluding carboxylic acids is 1. The number of benzene rings is 2. The number of hydrogen-bond acceptors (Lipinski definition) is 3. The second-order valence-corrected chi connectivity index (χ2v) is 8.24. The highest BCUT2D eigenvalue weighted by atomic mass is 16.5. The SMILES string of the molecule is NC1CC2CCCC(C1)C2NC(=O)CCOc1ccccc1-c1ccccc1. The Balaban J connectivity index is 1.32. The van der Waals surface area contributed by atoms with Gasteiger partial charge in [-0.2, -0.15) is 0 Å². The van der Waals surface area contributed by atoms with Crippen LogP contribution in [0.1, 0.15) is 38.5 Å². The maximum Gasteiger partial charge on any atom is 0.223 e. The summed E-state index contributed by atoms with van der Waals surface area (Å²) >= 11 is 0. The molecule has 0 heterocycles. The van der Waals surface area contributed by atoms with E-state index in [2.05, 4.69) is 23.5 Å². The van der Waals surface area contributed by atoms with Crippen LogP contribution in [-0.4, -0.2) is 24.6 Å². The van der Waals surface area contributed by atoms with Crippen LogP contribution in [0, 0.1) is 11.8 Å². The zero-order valence-electron chi connectivity index (χ0n) is 16.3. The van der Waals surface area contributed by atoms with Crippen LogP contribution in [-0.2, 0) is 4.79 Å². The zero-order valence-corrected chi connectivity index (χ0v) is 16.3. The molecule has 0 spiro atoms. The quantitative estimate of drug-likeness (QED) is 0.794. The lowest BCUT2D eigenvalue weighted by atomic mass is 9.67. The Kier molecular flexibility index (Phi) is 5.96. The van der Waals surface area contributed by atoms with Crippen LogP contribution in [0.3, 0.4) is 0 Å². The van der Waals surface area contributed by atoms with Crippen LogP contribution in [0.2, 0.25) is 0 Å². The van der Waals surface area contributed by atoms with E-state index >= 15 is 0 Å². The average Bonchev–Trinajstić information content (AvgIpc) is 2.70. The van der Waals surface area contributed by atoms with Crippen LogP contribution < -0.4 is 15.8 Å². The number of ether oxygens (including phenoxy) is 1. The molecule has 4 rings (SSSR count). The number of nitrogens with one attached hydrogen (secondary N) is 1. The predicted molar refractivity (Wildman–Crippen MR) is 112 cm³/mol. The first-order valence-corrected chi connectivity index (χ1v) is 10.5. The highest BCUT2D eigenvalue weighted by Gasteiger charge is 2.39. The predicted octanol–water partition coefficient (Wildman–Crippen LogP) is 4.14. The second kappa shape index (κ2) is 8.78. The Hall–Kier alpha value is -2.33. The molecule has 2 atom stereocenters. The van der Waals surface area contributed by atoms with Crippen molar-refractivity contribution in [2.45, 2.75) is 50.6 Å². The standard InChI is InChI=1S/C24H30N2O2/c25-20-15-18-9-6-10-19(16-20)24(18)26-23(27)13-14-28-22-12-5-4-11-21(22)17-7-2-1-3-8-17/h1-5,7-8,11-12,18-20,24H,6,9-10,13-16,25H2,(H,26,27). The molecule has 2 saturated carbocycles. The van der Waals surface area contributed by atoms with Crippen molar-refractivity contribution in [1.82, 2.24) is 5.32 Å². The molecule has 4 heteroatoms. The van der Waals surface area contributed by atoms with E-state index in [1.165, 1.54) is 19.3 Å². The van der Waals surface area contributed by atoms with Gasteiger partial charge in [0, 0.05) is 17.6 Å². The van der Waals surface area contributed by atoms with E-state index in [0.717, 1.165) is 29.7 Å². The monoisotopic (exact) mass is 378 g/mol. The number of rotatable bonds is 6. The number of fused-ring (bicyclic) bond motifs is 2. The minimum atomic E-state index is 0.0922. The van der Waals surface area contributed by atoms with Gasteiger partial charge in [0.2, 0.25) is 5.91 Å². The molecular weight excluding hydrogens is 348 g/mol. The summed E-state index contributed by atoms with van der Waals surface area (Å²) in [7, 11) is 0. The van der Waals surface area contributed by atoms with Gasteiger partial charge in [-0.15, -0.1) is 0 Å². The van der Waals surface area contributed by atoms with Crippen molar-refractivity contribution in [2.75, 3.05) is 6.61 Å². The fourth-order valence-electron chi connectivity index (χ4n) is 4.99. The van der Waals surface area contributed by atoms with Crippen molar-refractivity contribution < 1.29 is 9.53 Å². The van der Waals surface area contributed by atoms with E-state index in [1.807, 2.05) is 36.4 Å². The van der Waals surface area contributed by atoms with Gasteiger partial charge in [-0.05, 0) is 49.1 Å². The first-order valence-electron chi connectivity index (χ1n) is 10.5. The van der Waals surface area contributed by atoms with E-state index in [4.69, 9.17) is 10.5 Å². The van der Waals surface area contributed by atoms with E-state index in [1.54, 1.807) is 0 Å². The van der Waals surface area contributed by atoms with Gasteiger partial charge in [-0.1, -0.05) is 55.0 Å². The van der Waals surface area contributed by atoms with Crippen molar-refractivity contribution in [3.63, 3.8) is 0 Å². The topological polar surface area (TPSA) is 64.3 Å². The molecule has 3 N–H and O–H groups in total. The molecule has 28 heavy (non-hydrogen) atoms. The largest absolute Gasteiger partial charge is 0.492 e. The lowest BCUT2D eigenvalue weighted by molar-refractivity contribution is -0.123. The third-order valence-electron chi connectivity index (χ3n) is 6.26. The molecule has 0 radical (unpaired) electrons. The van der Waals surface area contributed by atoms with E-state index < -0.39 is 0 Å². The van der Waals surface area contributed by atoms with Gasteiger partial charge in [-0.25, -0.2) is 0 Å². The van der Waals surface area contributed by atoms with Gasteiger partial charge in [0.1, 0.15) is 5.75 Å². The van der Waals surface area contributed by atoms with Crippen LogP contribution in [0.5, 0.6) is 5.75 Å². The van der Waals surface area contributed by atoms with Gasteiger partial charge in [-0.3, -0.25) is 4.79 Å². The summed E-state index contributed by atoms with van der Waals surface area (Å²) in [5, 5.41) is 3.30. The normalized spacial score (nSPS) is 26.5. The summed E-state index contributed by atoms with van der Waals surface area (Å²) in [5.41, 5.74) is 8.37. The number of carbonyl (C=O) groups is 1. The van der Waals surface area contributed by atoms with Gasteiger partial charge in [0.05, 0.1) is 13.0 Å². The molecule has 0 aliphatic heterocycles. The van der Waals surface area contributed by atoms with Crippen LogP contribution in [0.25, 0.3) is 11.1 Å². The first kappa shape index (κ1) is 19.0. The highest BCUT2D eigenvalue weighted by molar-refractivity contribution is 5.76. The Labute approximate surface area is 167 Å². The zero-order chi connectivity index (χ0) is 19.3. The summed E-state index contributed by atoms with van der Waals surface area (Å²) in [4.78, 5) is 12.5. The molecule has 1 amide bonds. The molecule has 2 aromatic rings. The molecule has 2 aliphatic carbocycles. The molecule has 0 aromatic heterocycles. The lowest BCUT2D eigenvalue weighted by Gasteiger charge is -2.45. The minimum Gasteiger partial charge on any atom is -0.492 e. The van der Waals surface area contributed by atoms with Gasteiger partial charge < -0.3 is 15.8 Å². The fourth-order valence-corrected chi connectivity index (χ4v) is 4.99. The Morgan fingerprint density at radius 2 is 1.68 bits per heavy atom. The average molecular weight is 379 g/mol. The summed E-state index contributed by atoms with van der Waals surface area (Å²) in [6.07, 6.45) is 6.12. The second-order valence-electron chi connectivity index (χ2n) is 8.24. The molecule has 0 saturated heterocycles. The van der Waals surface area contributed by atoms with E-state index in [0.29, 0.717) is 36.9 Å². The van der Waals surface area contributed by atoms with Crippen LogP contribution >= 0.6 is 0 Å². The molecule has 4 nitrogen and oxygen atoms in total. The van der Waals surface area contributed by atoms with Crippen molar-refractivity contribution in [2.24, 2.45) is 17.6 Å². The van der Waals surface area contributed by atoms with Gasteiger partial charge >= 0.3 is 0 Å². The summed E-state index contributed by atoms with van der Waals surface area (Å²) in [6, 6.07) is 18.8. The third-order valence-corrected chi connectivity index (χ3v) is 6.26. The van der Waals surface area contributed by atoms with Crippen LogP contribution in [0.15, 0.2) is 54.6 Å². The molecule has 2 unspecified atom stereocenters. The lowest BCUT2D eigenvalue weighted by Crippen LogP contribution is -2.53. The Morgan fingerprint density at radius 1 is 1.00 bits per heavy atom. The molecule has 2 aromatic carbocycles. The van der Waals surface area contributed by atoms with Crippen LogP contribution in [0.4, 0.5) is 0 Å². The summed E-state index contributed by atoms with van der Waals surface area (Å²) < 4.78 is 5.98. The summed E-state index contributed by atoms with van der Waals surface area (Å²) in [6.45, 7) is 0.386. The number of hydrogen-bond donors (Lipinski definition) is 2. The smallest absolute Gasteiger partial charge is 0.223 e. The van der Waals surface area contributed by atoms with Gasteiger partial charge in [0.15, 0.2) is 0 Å². The number of amides is 1. The highest BCUT2D eigenvalue weighted by Crippen LogP contribution is 2.39. The maximum atomic E-state index is 12.5. The number of para-hydroxylation sites is 1. The molecule has 2 bridgehead atoms. The molecule has 2 aliphatic rings. The van der Waals surface area contributed by atoms with Crippen molar-refractivity contribution >= 4 is 5.91 Å². The molecule has 148 valence electrons. The number of nitrogens with two attached hydrogens (primary N) is 1.